The van der Waals surface area contributed by atoms with Gasteiger partial charge in [0.2, 0.25) is 5.95 Å². The second-order valence-electron chi connectivity index (χ2n) is 5.58. The molecule has 1 aromatic carbocycles. The maximum atomic E-state index is 10.8. The van der Waals surface area contributed by atoms with Crippen LogP contribution >= 0.6 is 0 Å². The van der Waals surface area contributed by atoms with Gasteiger partial charge in [-0.05, 0) is 24.8 Å². The van der Waals surface area contributed by atoms with Crippen LogP contribution in [0.5, 0.6) is 0 Å². The molecule has 2 aromatic rings. The van der Waals surface area contributed by atoms with Gasteiger partial charge in [-0.3, -0.25) is 10.1 Å². The van der Waals surface area contributed by atoms with Gasteiger partial charge in [0, 0.05) is 24.7 Å². The largest absolute Gasteiger partial charge is 0.352 e. The van der Waals surface area contributed by atoms with Crippen molar-refractivity contribution in [3.8, 4) is 0 Å². The molecule has 21 heavy (non-hydrogen) atoms. The SMILES string of the molecule is NCC(Nc1nc2ccc([N+](=O)[O-])cc2[nH]1)C1CCCC1. The lowest BCUT2D eigenvalue weighted by molar-refractivity contribution is -0.384. The Balaban J connectivity index is 1.81. The number of aromatic amines is 1. The average Bonchev–Trinajstić information content (AvgIpc) is 3.12. The van der Waals surface area contributed by atoms with E-state index in [0.29, 0.717) is 29.4 Å². The van der Waals surface area contributed by atoms with Crippen molar-refractivity contribution in [3.63, 3.8) is 0 Å². The Hall–Kier alpha value is -2.15. The van der Waals surface area contributed by atoms with Crippen molar-refractivity contribution in [2.45, 2.75) is 31.7 Å². The van der Waals surface area contributed by atoms with Gasteiger partial charge in [0.15, 0.2) is 0 Å². The minimum absolute atomic E-state index is 0.0591. The molecule has 1 fully saturated rings. The van der Waals surface area contributed by atoms with Gasteiger partial charge in [-0.25, -0.2) is 4.98 Å². The minimum atomic E-state index is -0.408. The minimum Gasteiger partial charge on any atom is -0.352 e. The van der Waals surface area contributed by atoms with Crippen molar-refractivity contribution in [2.24, 2.45) is 11.7 Å². The number of anilines is 1. The molecule has 1 atom stereocenters. The van der Waals surface area contributed by atoms with E-state index in [1.54, 1.807) is 6.07 Å². The van der Waals surface area contributed by atoms with Gasteiger partial charge in [0.05, 0.1) is 16.0 Å². The van der Waals surface area contributed by atoms with Gasteiger partial charge in [0.25, 0.3) is 5.69 Å². The third-order valence-electron chi connectivity index (χ3n) is 4.22. The fraction of sp³-hybridized carbons (Fsp3) is 0.500. The molecule has 1 unspecified atom stereocenters. The lowest BCUT2D eigenvalue weighted by Crippen LogP contribution is -2.35. The van der Waals surface area contributed by atoms with Gasteiger partial charge in [0.1, 0.15) is 0 Å². The second-order valence-corrected chi connectivity index (χ2v) is 5.58. The Morgan fingerprint density at radius 1 is 1.48 bits per heavy atom. The van der Waals surface area contributed by atoms with Crippen LogP contribution in [0.15, 0.2) is 18.2 Å². The molecule has 7 nitrogen and oxygen atoms in total. The van der Waals surface area contributed by atoms with Crippen LogP contribution in [0.25, 0.3) is 11.0 Å². The number of rotatable bonds is 5. The highest BCUT2D eigenvalue weighted by Gasteiger charge is 2.24. The van der Waals surface area contributed by atoms with Crippen LogP contribution in [-0.4, -0.2) is 27.5 Å². The molecule has 1 aliphatic rings. The van der Waals surface area contributed by atoms with E-state index in [2.05, 4.69) is 15.3 Å². The number of fused-ring (bicyclic) bond motifs is 1. The van der Waals surface area contributed by atoms with Crippen LogP contribution < -0.4 is 11.1 Å². The molecule has 0 spiro atoms. The fourth-order valence-electron chi connectivity index (χ4n) is 3.08. The first kappa shape index (κ1) is 13.8. The summed E-state index contributed by atoms with van der Waals surface area (Å²) < 4.78 is 0. The van der Waals surface area contributed by atoms with Crippen LogP contribution in [0.4, 0.5) is 11.6 Å². The molecule has 0 bridgehead atoms. The Bertz CT molecular complexity index is 648. The number of H-pyrrole nitrogens is 1. The number of benzene rings is 1. The molecule has 0 radical (unpaired) electrons. The summed E-state index contributed by atoms with van der Waals surface area (Å²) in [5, 5.41) is 14.1. The quantitative estimate of drug-likeness (QED) is 0.578. The van der Waals surface area contributed by atoms with Gasteiger partial charge in [-0.2, -0.15) is 0 Å². The van der Waals surface area contributed by atoms with Crippen molar-refractivity contribution >= 4 is 22.7 Å². The summed E-state index contributed by atoms with van der Waals surface area (Å²) in [6, 6.07) is 4.82. The lowest BCUT2D eigenvalue weighted by atomic mass is 9.98. The van der Waals surface area contributed by atoms with Gasteiger partial charge in [-0.1, -0.05) is 12.8 Å². The van der Waals surface area contributed by atoms with Gasteiger partial charge in [-0.15, -0.1) is 0 Å². The van der Waals surface area contributed by atoms with E-state index in [9.17, 15) is 10.1 Å². The summed E-state index contributed by atoms with van der Waals surface area (Å²) in [6.45, 7) is 0.557. The summed E-state index contributed by atoms with van der Waals surface area (Å²) in [6.07, 6.45) is 4.91. The first-order valence-corrected chi connectivity index (χ1v) is 7.28. The number of nitrogens with one attached hydrogen (secondary N) is 2. The van der Waals surface area contributed by atoms with Crippen LogP contribution in [0.1, 0.15) is 25.7 Å². The number of hydrogen-bond donors (Lipinski definition) is 3. The number of nitrogens with two attached hydrogens (primary N) is 1. The predicted octanol–water partition coefficient (Wildman–Crippen LogP) is 2.40. The maximum Gasteiger partial charge on any atom is 0.271 e. The number of imidazole rings is 1. The van der Waals surface area contributed by atoms with Crippen molar-refractivity contribution in [3.05, 3.63) is 28.3 Å². The van der Waals surface area contributed by atoms with E-state index < -0.39 is 4.92 Å². The first-order chi connectivity index (χ1) is 10.2. The maximum absolute atomic E-state index is 10.8. The highest BCUT2D eigenvalue weighted by Crippen LogP contribution is 2.29. The average molecular weight is 289 g/mol. The highest BCUT2D eigenvalue weighted by molar-refractivity contribution is 5.79. The van der Waals surface area contributed by atoms with Crippen molar-refractivity contribution in [1.29, 1.82) is 0 Å². The number of nitro groups is 1. The van der Waals surface area contributed by atoms with Gasteiger partial charge < -0.3 is 16.0 Å². The predicted molar refractivity (Wildman–Crippen MR) is 81.2 cm³/mol. The zero-order valence-corrected chi connectivity index (χ0v) is 11.7. The molecular weight excluding hydrogens is 270 g/mol. The zero-order valence-electron chi connectivity index (χ0n) is 11.7. The van der Waals surface area contributed by atoms with Crippen LogP contribution in [0.2, 0.25) is 0 Å². The second kappa shape index (κ2) is 5.69. The van der Waals surface area contributed by atoms with Crippen LogP contribution in [0, 0.1) is 16.0 Å². The van der Waals surface area contributed by atoms with E-state index in [-0.39, 0.29) is 11.7 Å². The van der Waals surface area contributed by atoms with E-state index in [1.165, 1.54) is 37.8 Å². The molecule has 1 heterocycles. The molecule has 3 rings (SSSR count). The molecule has 112 valence electrons. The molecule has 1 aliphatic carbocycles. The number of hydrogen-bond acceptors (Lipinski definition) is 5. The smallest absolute Gasteiger partial charge is 0.271 e. The van der Waals surface area contributed by atoms with Crippen LogP contribution in [0.3, 0.4) is 0 Å². The molecule has 0 saturated heterocycles. The van der Waals surface area contributed by atoms with Crippen LogP contribution in [-0.2, 0) is 0 Å². The summed E-state index contributed by atoms with van der Waals surface area (Å²) in [7, 11) is 0. The van der Waals surface area contributed by atoms with E-state index in [4.69, 9.17) is 5.73 Å². The molecule has 1 saturated carbocycles. The summed E-state index contributed by atoms with van der Waals surface area (Å²) in [5.41, 5.74) is 7.30. The van der Waals surface area contributed by atoms with E-state index >= 15 is 0 Å². The number of nitro benzene ring substituents is 1. The molecule has 0 amide bonds. The third kappa shape index (κ3) is 2.82. The van der Waals surface area contributed by atoms with Crippen molar-refractivity contribution < 1.29 is 4.92 Å². The third-order valence-corrected chi connectivity index (χ3v) is 4.22. The molecule has 0 aliphatic heterocycles. The van der Waals surface area contributed by atoms with Crippen molar-refractivity contribution in [2.75, 3.05) is 11.9 Å². The Labute approximate surface area is 122 Å². The lowest BCUT2D eigenvalue weighted by Gasteiger charge is -2.22. The summed E-state index contributed by atoms with van der Waals surface area (Å²) in [4.78, 5) is 17.9. The van der Waals surface area contributed by atoms with E-state index in [1.807, 2.05) is 0 Å². The normalized spacial score (nSPS) is 17.2. The summed E-state index contributed by atoms with van der Waals surface area (Å²) in [5.74, 6) is 1.21. The molecule has 4 N–H and O–H groups in total. The standard InChI is InChI=1S/C14H19N5O2/c15-8-13(9-3-1-2-4-9)18-14-16-11-6-5-10(19(20)21)7-12(11)17-14/h5-7,9,13H,1-4,8,15H2,(H2,16,17,18). The molecule has 7 heteroatoms. The zero-order chi connectivity index (χ0) is 14.8. The van der Waals surface area contributed by atoms with Gasteiger partial charge >= 0.3 is 0 Å². The number of aromatic nitrogens is 2. The number of non-ortho nitro benzene ring substituents is 1. The molecular formula is C14H19N5O2. The van der Waals surface area contributed by atoms with Crippen molar-refractivity contribution in [1.82, 2.24) is 9.97 Å². The number of nitrogens with zero attached hydrogens (tertiary/aromatic N) is 2. The Kier molecular flexibility index (Phi) is 3.74. The Morgan fingerprint density at radius 3 is 2.90 bits per heavy atom. The van der Waals surface area contributed by atoms with E-state index in [0.717, 1.165) is 0 Å². The highest BCUT2D eigenvalue weighted by atomic mass is 16.6. The first-order valence-electron chi connectivity index (χ1n) is 7.28. The molecule has 1 aromatic heterocycles. The monoisotopic (exact) mass is 289 g/mol. The Morgan fingerprint density at radius 2 is 2.24 bits per heavy atom. The topological polar surface area (TPSA) is 110 Å². The fourth-order valence-corrected chi connectivity index (χ4v) is 3.08. The summed E-state index contributed by atoms with van der Waals surface area (Å²) >= 11 is 0.